The number of carbonyl (C=O) groups excluding carboxylic acids is 1. The van der Waals surface area contributed by atoms with Gasteiger partial charge in [0.2, 0.25) is 11.9 Å². The van der Waals surface area contributed by atoms with E-state index < -0.39 is 0 Å². The summed E-state index contributed by atoms with van der Waals surface area (Å²) in [6.07, 6.45) is 6.27. The van der Waals surface area contributed by atoms with Gasteiger partial charge in [0.15, 0.2) is 5.65 Å². The van der Waals surface area contributed by atoms with E-state index in [2.05, 4.69) is 40.5 Å². The molecule has 4 N–H and O–H groups in total. The van der Waals surface area contributed by atoms with Crippen LogP contribution in [0.1, 0.15) is 59.8 Å². The molecule has 1 saturated heterocycles. The molecule has 3 aromatic heterocycles. The Balaban J connectivity index is 1.33. The highest BCUT2D eigenvalue weighted by Gasteiger charge is 2.23. The minimum absolute atomic E-state index is 0.0719. The van der Waals surface area contributed by atoms with Crippen LogP contribution in [0.3, 0.4) is 0 Å². The number of hydrogen-bond donors (Lipinski definition) is 3. The zero-order valence-electron chi connectivity index (χ0n) is 21.2. The summed E-state index contributed by atoms with van der Waals surface area (Å²) < 4.78 is 3.59. The van der Waals surface area contributed by atoms with Gasteiger partial charge in [0, 0.05) is 50.4 Å². The SMILES string of the molecule is CC(C)c1cnn2c(NCc3ccccc3-n3cc4c(n3)CCNC4=O)nc(N3CCC(N)CC3)nc12. The van der Waals surface area contributed by atoms with E-state index in [0.29, 0.717) is 30.5 Å². The molecule has 37 heavy (non-hydrogen) atoms. The van der Waals surface area contributed by atoms with E-state index in [1.54, 1.807) is 9.20 Å². The summed E-state index contributed by atoms with van der Waals surface area (Å²) in [5.74, 6) is 1.54. The van der Waals surface area contributed by atoms with E-state index in [4.69, 9.17) is 20.8 Å². The number of amides is 1. The fourth-order valence-electron chi connectivity index (χ4n) is 5.00. The Morgan fingerprint density at radius 1 is 1.19 bits per heavy atom. The second-order valence-electron chi connectivity index (χ2n) is 10.1. The summed E-state index contributed by atoms with van der Waals surface area (Å²) in [5, 5.41) is 15.7. The zero-order chi connectivity index (χ0) is 25.5. The molecule has 192 valence electrons. The Morgan fingerprint density at radius 3 is 2.78 bits per heavy atom. The molecular formula is C26H32N10O. The fourth-order valence-corrected chi connectivity index (χ4v) is 5.00. The van der Waals surface area contributed by atoms with Gasteiger partial charge >= 0.3 is 0 Å². The van der Waals surface area contributed by atoms with Crippen LogP contribution in [0.2, 0.25) is 0 Å². The fraction of sp³-hybridized carbons (Fsp3) is 0.423. The quantitative estimate of drug-likeness (QED) is 0.367. The van der Waals surface area contributed by atoms with Gasteiger partial charge in [-0.1, -0.05) is 32.0 Å². The van der Waals surface area contributed by atoms with Crippen LogP contribution in [0.5, 0.6) is 0 Å². The average molecular weight is 501 g/mol. The number of benzene rings is 1. The van der Waals surface area contributed by atoms with E-state index in [-0.39, 0.29) is 17.9 Å². The molecule has 2 aliphatic rings. The highest BCUT2D eigenvalue weighted by Crippen LogP contribution is 2.26. The molecule has 0 bridgehead atoms. The number of anilines is 2. The number of nitrogens with zero attached hydrogens (tertiary/aromatic N) is 7. The monoisotopic (exact) mass is 500 g/mol. The number of hydrogen-bond acceptors (Lipinski definition) is 8. The van der Waals surface area contributed by atoms with Gasteiger partial charge in [-0.2, -0.15) is 24.7 Å². The van der Waals surface area contributed by atoms with Crippen LogP contribution in [0.25, 0.3) is 11.3 Å². The molecule has 4 aromatic rings. The lowest BCUT2D eigenvalue weighted by atomic mass is 10.1. The molecule has 0 radical (unpaired) electrons. The summed E-state index contributed by atoms with van der Waals surface area (Å²) >= 11 is 0. The molecule has 0 spiro atoms. The highest BCUT2D eigenvalue weighted by molar-refractivity contribution is 5.96. The third-order valence-corrected chi connectivity index (χ3v) is 7.19. The van der Waals surface area contributed by atoms with Crippen LogP contribution in [-0.4, -0.2) is 60.9 Å². The predicted octanol–water partition coefficient (Wildman–Crippen LogP) is 2.26. The van der Waals surface area contributed by atoms with E-state index >= 15 is 0 Å². The smallest absolute Gasteiger partial charge is 0.254 e. The van der Waals surface area contributed by atoms with Crippen molar-refractivity contribution in [2.75, 3.05) is 29.9 Å². The Bertz CT molecular complexity index is 1450. The molecule has 0 aliphatic carbocycles. The summed E-state index contributed by atoms with van der Waals surface area (Å²) in [5.41, 5.74) is 11.4. The third kappa shape index (κ3) is 4.39. The first kappa shape index (κ1) is 23.4. The van der Waals surface area contributed by atoms with Crippen molar-refractivity contribution in [1.29, 1.82) is 0 Å². The van der Waals surface area contributed by atoms with Gasteiger partial charge in [-0.15, -0.1) is 0 Å². The van der Waals surface area contributed by atoms with Crippen LogP contribution in [0.4, 0.5) is 11.9 Å². The van der Waals surface area contributed by atoms with Gasteiger partial charge in [0.05, 0.1) is 23.1 Å². The molecule has 0 atom stereocenters. The van der Waals surface area contributed by atoms with Gasteiger partial charge in [-0.3, -0.25) is 4.79 Å². The van der Waals surface area contributed by atoms with Gasteiger partial charge < -0.3 is 21.3 Å². The maximum Gasteiger partial charge on any atom is 0.254 e. The average Bonchev–Trinajstić information content (AvgIpc) is 3.53. The number of rotatable bonds is 6. The van der Waals surface area contributed by atoms with Crippen molar-refractivity contribution in [1.82, 2.24) is 34.7 Å². The molecule has 1 fully saturated rings. The van der Waals surface area contributed by atoms with Gasteiger partial charge in [-0.25, -0.2) is 4.68 Å². The maximum absolute atomic E-state index is 12.3. The Morgan fingerprint density at radius 2 is 2.00 bits per heavy atom. The van der Waals surface area contributed by atoms with Gasteiger partial charge in [-0.05, 0) is 30.4 Å². The van der Waals surface area contributed by atoms with E-state index in [1.165, 1.54) is 0 Å². The molecule has 1 aromatic carbocycles. The lowest BCUT2D eigenvalue weighted by Crippen LogP contribution is -2.40. The molecule has 2 aliphatic heterocycles. The zero-order valence-corrected chi connectivity index (χ0v) is 21.2. The lowest BCUT2D eigenvalue weighted by Gasteiger charge is -2.30. The summed E-state index contributed by atoms with van der Waals surface area (Å²) in [7, 11) is 0. The minimum atomic E-state index is -0.0719. The number of nitrogens with one attached hydrogen (secondary N) is 2. The van der Waals surface area contributed by atoms with Crippen LogP contribution in [0, 0.1) is 0 Å². The lowest BCUT2D eigenvalue weighted by molar-refractivity contribution is 0.0946. The van der Waals surface area contributed by atoms with Gasteiger partial charge in [0.1, 0.15) is 0 Å². The molecular weight excluding hydrogens is 468 g/mol. The highest BCUT2D eigenvalue weighted by atomic mass is 16.1. The molecule has 11 heteroatoms. The van der Waals surface area contributed by atoms with E-state index in [0.717, 1.165) is 60.5 Å². The van der Waals surface area contributed by atoms with E-state index in [1.807, 2.05) is 30.6 Å². The normalized spacial score (nSPS) is 16.3. The second kappa shape index (κ2) is 9.47. The first-order valence-electron chi connectivity index (χ1n) is 12.9. The Kier molecular flexibility index (Phi) is 5.99. The molecule has 0 unspecified atom stereocenters. The van der Waals surface area contributed by atoms with Crippen LogP contribution < -0.4 is 21.3 Å². The summed E-state index contributed by atoms with van der Waals surface area (Å²) in [6, 6.07) is 8.27. The van der Waals surface area contributed by atoms with Crippen molar-refractivity contribution in [3.05, 3.63) is 59.0 Å². The van der Waals surface area contributed by atoms with Crippen molar-refractivity contribution in [2.45, 2.75) is 51.6 Å². The van der Waals surface area contributed by atoms with Crippen LogP contribution >= 0.6 is 0 Å². The number of nitrogens with two attached hydrogens (primary N) is 1. The molecule has 1 amide bonds. The molecule has 11 nitrogen and oxygen atoms in total. The molecule has 0 saturated carbocycles. The standard InChI is InChI=1S/C26H32N10O/c1-16(2)19-14-30-36-23(19)31-26(34-11-8-18(27)9-12-34)32-25(36)29-13-17-5-3-4-6-22(17)35-15-20-21(33-35)7-10-28-24(20)37/h3-6,14-16,18H,7-13,27H2,1-2H3,(H,28,37)(H,29,31,32). The first-order valence-corrected chi connectivity index (χ1v) is 12.9. The van der Waals surface area contributed by atoms with E-state index in [9.17, 15) is 4.79 Å². The number of carbonyl (C=O) groups is 1. The van der Waals surface area contributed by atoms with Crippen LogP contribution in [0.15, 0.2) is 36.7 Å². The summed E-state index contributed by atoms with van der Waals surface area (Å²) in [6.45, 7) is 7.08. The van der Waals surface area contributed by atoms with Crippen molar-refractivity contribution in [3.8, 4) is 5.69 Å². The number of fused-ring (bicyclic) bond motifs is 2. The Labute approximate surface area is 215 Å². The summed E-state index contributed by atoms with van der Waals surface area (Å²) in [4.78, 5) is 24.3. The largest absolute Gasteiger partial charge is 0.352 e. The van der Waals surface area contributed by atoms with Crippen molar-refractivity contribution in [2.24, 2.45) is 5.73 Å². The number of aromatic nitrogens is 6. The first-order chi connectivity index (χ1) is 18.0. The number of piperidine rings is 1. The van der Waals surface area contributed by atoms with Crippen molar-refractivity contribution in [3.63, 3.8) is 0 Å². The second-order valence-corrected chi connectivity index (χ2v) is 10.1. The van der Waals surface area contributed by atoms with Crippen LogP contribution in [-0.2, 0) is 13.0 Å². The minimum Gasteiger partial charge on any atom is -0.352 e. The third-order valence-electron chi connectivity index (χ3n) is 7.19. The van der Waals surface area contributed by atoms with Gasteiger partial charge in [0.25, 0.3) is 5.91 Å². The Hall–Kier alpha value is -3.99. The topological polar surface area (TPSA) is 131 Å². The van der Waals surface area contributed by atoms with Crippen molar-refractivity contribution >= 4 is 23.5 Å². The predicted molar refractivity (Wildman–Crippen MR) is 141 cm³/mol. The van der Waals surface area contributed by atoms with Crippen molar-refractivity contribution < 1.29 is 4.79 Å². The molecule has 6 rings (SSSR count). The molecule has 5 heterocycles. The number of para-hydroxylation sites is 1. The maximum atomic E-state index is 12.3.